The van der Waals surface area contributed by atoms with Gasteiger partial charge in [0.05, 0.1) is 17.5 Å². The number of hydrogen-bond acceptors (Lipinski definition) is 4. The molecule has 0 N–H and O–H groups in total. The third-order valence-electron chi connectivity index (χ3n) is 4.97. The molecule has 0 spiro atoms. The van der Waals surface area contributed by atoms with Crippen molar-refractivity contribution in [2.24, 2.45) is 0 Å². The Balaban J connectivity index is 1.70. The monoisotopic (exact) mass is 343 g/mol. The lowest BCUT2D eigenvalue weighted by Crippen LogP contribution is -2.32. The summed E-state index contributed by atoms with van der Waals surface area (Å²) in [5.41, 5.74) is 3.52. The molecular weight excluding hydrogens is 326 g/mol. The molecule has 0 aliphatic carbocycles. The lowest BCUT2D eigenvalue weighted by molar-refractivity contribution is 0.289. The first-order valence-electron chi connectivity index (χ1n) is 8.62. The van der Waals surface area contributed by atoms with Crippen LogP contribution in [-0.4, -0.2) is 6.73 Å². The predicted molar refractivity (Wildman–Crippen MR) is 103 cm³/mol. The van der Waals surface area contributed by atoms with Crippen LogP contribution in [0.25, 0.3) is 21.7 Å². The van der Waals surface area contributed by atoms with Gasteiger partial charge < -0.3 is 14.1 Å². The molecule has 0 amide bonds. The lowest BCUT2D eigenvalue weighted by Gasteiger charge is -2.31. The van der Waals surface area contributed by atoms with Crippen molar-refractivity contribution in [3.63, 3.8) is 0 Å². The molecule has 5 rings (SSSR count). The summed E-state index contributed by atoms with van der Waals surface area (Å²) in [6.45, 7) is 3.18. The topological polar surface area (TPSA) is 42.7 Å². The zero-order valence-electron chi connectivity index (χ0n) is 14.4. The molecule has 4 nitrogen and oxygen atoms in total. The van der Waals surface area contributed by atoms with E-state index in [9.17, 15) is 4.79 Å². The Morgan fingerprint density at radius 3 is 2.46 bits per heavy atom. The molecule has 0 bridgehead atoms. The molecule has 0 fully saturated rings. The van der Waals surface area contributed by atoms with E-state index >= 15 is 0 Å². The summed E-state index contributed by atoms with van der Waals surface area (Å²) in [4.78, 5) is 14.6. The number of nitrogens with zero attached hydrogens (tertiary/aromatic N) is 1. The standard InChI is InChI=1S/C22H17NO3/c1-14-6-8-15(9-7-14)23-12-19-20(25-13-23)11-10-17-16-4-2-3-5-18(16)22(24)26-21(17)19/h2-11H,12-13H2,1H3. The van der Waals surface area contributed by atoms with Gasteiger partial charge in [-0.1, -0.05) is 35.9 Å². The maximum absolute atomic E-state index is 12.4. The summed E-state index contributed by atoms with van der Waals surface area (Å²) in [5.74, 6) is 0.777. The maximum Gasteiger partial charge on any atom is 0.344 e. The third-order valence-corrected chi connectivity index (χ3v) is 4.97. The van der Waals surface area contributed by atoms with E-state index < -0.39 is 0 Å². The normalized spacial score (nSPS) is 13.7. The first-order valence-corrected chi connectivity index (χ1v) is 8.62. The van der Waals surface area contributed by atoms with E-state index in [1.165, 1.54) is 5.56 Å². The predicted octanol–water partition coefficient (Wildman–Crippen LogP) is 4.61. The first kappa shape index (κ1) is 15.0. The summed E-state index contributed by atoms with van der Waals surface area (Å²) in [5, 5.41) is 2.45. The van der Waals surface area contributed by atoms with Crippen LogP contribution in [0.5, 0.6) is 5.75 Å². The zero-order chi connectivity index (χ0) is 17.7. The molecule has 0 atom stereocenters. The Morgan fingerprint density at radius 2 is 1.65 bits per heavy atom. The van der Waals surface area contributed by atoms with Crippen LogP contribution in [0, 0.1) is 6.92 Å². The van der Waals surface area contributed by atoms with E-state index in [1.54, 1.807) is 6.07 Å². The lowest BCUT2D eigenvalue weighted by atomic mass is 10.0. The smallest absolute Gasteiger partial charge is 0.344 e. The van der Waals surface area contributed by atoms with Crippen LogP contribution in [0.1, 0.15) is 11.1 Å². The minimum atomic E-state index is -0.311. The van der Waals surface area contributed by atoms with Gasteiger partial charge in [-0.25, -0.2) is 4.79 Å². The van der Waals surface area contributed by atoms with E-state index in [2.05, 4.69) is 36.1 Å². The number of rotatable bonds is 1. The van der Waals surface area contributed by atoms with Gasteiger partial charge in [-0.2, -0.15) is 0 Å². The Morgan fingerprint density at radius 1 is 0.885 bits per heavy atom. The Kier molecular flexibility index (Phi) is 3.25. The van der Waals surface area contributed by atoms with Crippen molar-refractivity contribution in [2.75, 3.05) is 11.6 Å². The summed E-state index contributed by atoms with van der Waals surface area (Å²) < 4.78 is 11.7. The van der Waals surface area contributed by atoms with Crippen molar-refractivity contribution < 1.29 is 9.15 Å². The van der Waals surface area contributed by atoms with Crippen LogP contribution >= 0.6 is 0 Å². The number of hydrogen-bond donors (Lipinski definition) is 0. The highest BCUT2D eigenvalue weighted by atomic mass is 16.5. The van der Waals surface area contributed by atoms with E-state index in [1.807, 2.05) is 30.3 Å². The van der Waals surface area contributed by atoms with Crippen molar-refractivity contribution in [3.8, 4) is 5.75 Å². The van der Waals surface area contributed by atoms with Crippen molar-refractivity contribution >= 4 is 27.4 Å². The molecule has 3 aromatic carbocycles. The second-order valence-electron chi connectivity index (χ2n) is 6.66. The minimum absolute atomic E-state index is 0.311. The number of benzene rings is 3. The van der Waals surface area contributed by atoms with Gasteiger partial charge in [-0.15, -0.1) is 0 Å². The second-order valence-corrected chi connectivity index (χ2v) is 6.66. The van der Waals surface area contributed by atoms with E-state index in [0.29, 0.717) is 24.2 Å². The van der Waals surface area contributed by atoms with Crippen molar-refractivity contribution in [3.05, 3.63) is 82.2 Å². The van der Waals surface area contributed by atoms with E-state index in [0.717, 1.165) is 27.8 Å². The fraction of sp³-hybridized carbons (Fsp3) is 0.136. The molecule has 1 aliphatic rings. The van der Waals surface area contributed by atoms with Gasteiger partial charge in [0.1, 0.15) is 11.3 Å². The molecule has 0 saturated carbocycles. The number of fused-ring (bicyclic) bond motifs is 5. The average Bonchev–Trinajstić information content (AvgIpc) is 2.68. The van der Waals surface area contributed by atoms with Gasteiger partial charge in [0.15, 0.2) is 6.73 Å². The van der Waals surface area contributed by atoms with E-state index in [-0.39, 0.29) is 5.63 Å². The van der Waals surface area contributed by atoms with Crippen LogP contribution in [0.3, 0.4) is 0 Å². The van der Waals surface area contributed by atoms with Crippen molar-refractivity contribution in [2.45, 2.75) is 13.5 Å². The van der Waals surface area contributed by atoms with Gasteiger partial charge in [0.25, 0.3) is 0 Å². The fourth-order valence-electron chi connectivity index (χ4n) is 3.57. The molecular formula is C22H17NO3. The highest BCUT2D eigenvalue weighted by molar-refractivity contribution is 6.05. The molecule has 2 heterocycles. The SMILES string of the molecule is Cc1ccc(N2COc3ccc4c(oc(=O)c5ccccc54)c3C2)cc1. The Bertz CT molecular complexity index is 1190. The summed E-state index contributed by atoms with van der Waals surface area (Å²) >= 11 is 0. The molecule has 0 radical (unpaired) electrons. The zero-order valence-corrected chi connectivity index (χ0v) is 14.4. The Hall–Kier alpha value is -3.27. The van der Waals surface area contributed by atoms with Gasteiger partial charge >= 0.3 is 5.63 Å². The number of aryl methyl sites for hydroxylation is 1. The molecule has 4 heteroatoms. The molecule has 128 valence electrons. The van der Waals surface area contributed by atoms with Gasteiger partial charge in [0.2, 0.25) is 0 Å². The fourth-order valence-corrected chi connectivity index (χ4v) is 3.57. The molecule has 0 saturated heterocycles. The van der Waals surface area contributed by atoms with Gasteiger partial charge in [-0.3, -0.25) is 0 Å². The van der Waals surface area contributed by atoms with Crippen LogP contribution in [0.4, 0.5) is 5.69 Å². The summed E-state index contributed by atoms with van der Waals surface area (Å²) in [6.07, 6.45) is 0. The Labute approximate surface area is 150 Å². The summed E-state index contributed by atoms with van der Waals surface area (Å²) in [6, 6.07) is 19.8. The summed E-state index contributed by atoms with van der Waals surface area (Å²) in [7, 11) is 0. The average molecular weight is 343 g/mol. The van der Waals surface area contributed by atoms with Gasteiger partial charge in [-0.05, 0) is 42.6 Å². The molecule has 0 unspecified atom stereocenters. The molecule has 1 aromatic heterocycles. The van der Waals surface area contributed by atoms with Crippen molar-refractivity contribution in [1.82, 2.24) is 0 Å². The van der Waals surface area contributed by atoms with E-state index in [4.69, 9.17) is 9.15 Å². The highest BCUT2D eigenvalue weighted by Crippen LogP contribution is 2.35. The number of ether oxygens (including phenoxy) is 1. The van der Waals surface area contributed by atoms with Crippen LogP contribution in [0.2, 0.25) is 0 Å². The quantitative estimate of drug-likeness (QED) is 0.374. The molecule has 1 aliphatic heterocycles. The molecule has 26 heavy (non-hydrogen) atoms. The van der Waals surface area contributed by atoms with Gasteiger partial charge in [0, 0.05) is 11.1 Å². The van der Waals surface area contributed by atoms with Crippen LogP contribution < -0.4 is 15.3 Å². The van der Waals surface area contributed by atoms with Crippen molar-refractivity contribution in [1.29, 1.82) is 0 Å². The maximum atomic E-state index is 12.4. The highest BCUT2D eigenvalue weighted by Gasteiger charge is 2.22. The first-order chi connectivity index (χ1) is 12.7. The van der Waals surface area contributed by atoms with Crippen LogP contribution in [-0.2, 0) is 6.54 Å². The number of anilines is 1. The second kappa shape index (κ2) is 5.63. The van der Waals surface area contributed by atoms with Crippen LogP contribution in [0.15, 0.2) is 69.9 Å². The molecule has 4 aromatic rings. The largest absolute Gasteiger partial charge is 0.473 e. The third kappa shape index (κ3) is 2.26. The minimum Gasteiger partial charge on any atom is -0.473 e.